The molecular weight excluding hydrogens is 224 g/mol. The molecule has 15 heavy (non-hydrogen) atoms. The van der Waals surface area contributed by atoms with Gasteiger partial charge in [-0.2, -0.15) is 11.3 Å². The van der Waals surface area contributed by atoms with E-state index in [0.29, 0.717) is 0 Å². The molecule has 1 aromatic carbocycles. The Balaban J connectivity index is 2.11. The predicted molar refractivity (Wildman–Crippen MR) is 66.2 cm³/mol. The first kappa shape index (κ1) is 10.3. The zero-order chi connectivity index (χ0) is 10.5. The molecule has 0 radical (unpaired) electrons. The summed E-state index contributed by atoms with van der Waals surface area (Å²) in [6.07, 6.45) is 1.89. The van der Waals surface area contributed by atoms with E-state index in [1.165, 1.54) is 0 Å². The number of thiophene rings is 1. The summed E-state index contributed by atoms with van der Waals surface area (Å²) < 4.78 is 11.8. The number of hydrogen-bond donors (Lipinski definition) is 0. The van der Waals surface area contributed by atoms with E-state index in [4.69, 9.17) is 0 Å². The van der Waals surface area contributed by atoms with Crippen LogP contribution in [0.15, 0.2) is 57.5 Å². The van der Waals surface area contributed by atoms with Crippen molar-refractivity contribution in [3.63, 3.8) is 0 Å². The lowest BCUT2D eigenvalue weighted by atomic mass is 10.3. The molecule has 0 N–H and O–H groups in total. The van der Waals surface area contributed by atoms with Gasteiger partial charge in [0.2, 0.25) is 0 Å². The molecule has 0 saturated carbocycles. The zero-order valence-electron chi connectivity index (χ0n) is 8.00. The quantitative estimate of drug-likeness (QED) is 0.794. The van der Waals surface area contributed by atoms with Crippen LogP contribution in [0.3, 0.4) is 0 Å². The van der Waals surface area contributed by atoms with Crippen LogP contribution in [-0.2, 0) is 10.8 Å². The molecule has 1 nitrogen and oxygen atoms in total. The number of rotatable bonds is 3. The maximum atomic E-state index is 11.8. The fourth-order valence-electron chi connectivity index (χ4n) is 1.14. The van der Waals surface area contributed by atoms with Gasteiger partial charge in [0, 0.05) is 10.3 Å². The first-order valence-corrected chi connectivity index (χ1v) is 6.68. The topological polar surface area (TPSA) is 17.1 Å². The van der Waals surface area contributed by atoms with Crippen molar-refractivity contribution in [2.24, 2.45) is 0 Å². The Kier molecular flexibility index (Phi) is 3.48. The van der Waals surface area contributed by atoms with Crippen LogP contribution in [0.25, 0.3) is 6.08 Å². The fraction of sp³-hybridized carbons (Fsp3) is 0. The van der Waals surface area contributed by atoms with Gasteiger partial charge in [0.05, 0.1) is 10.8 Å². The van der Waals surface area contributed by atoms with Crippen LogP contribution in [0.2, 0.25) is 0 Å². The summed E-state index contributed by atoms with van der Waals surface area (Å²) in [6.45, 7) is 0. The molecule has 3 heteroatoms. The minimum absolute atomic E-state index is 0.837. The summed E-state index contributed by atoms with van der Waals surface area (Å²) in [4.78, 5) is 0.837. The average molecular weight is 234 g/mol. The minimum atomic E-state index is -1.04. The second-order valence-corrected chi connectivity index (χ2v) is 5.09. The Morgan fingerprint density at radius 1 is 1.13 bits per heavy atom. The Labute approximate surface area is 95.5 Å². The van der Waals surface area contributed by atoms with E-state index in [1.54, 1.807) is 16.7 Å². The van der Waals surface area contributed by atoms with Gasteiger partial charge in [-0.25, -0.2) is 4.21 Å². The highest BCUT2D eigenvalue weighted by Gasteiger charge is 1.96. The summed E-state index contributed by atoms with van der Waals surface area (Å²) in [5.41, 5.74) is 1.10. The highest BCUT2D eigenvalue weighted by atomic mass is 32.2. The third-order valence-corrected chi connectivity index (χ3v) is 3.72. The molecule has 0 spiro atoms. The van der Waals surface area contributed by atoms with E-state index in [1.807, 2.05) is 53.2 Å². The average Bonchev–Trinajstić information content (AvgIpc) is 2.80. The van der Waals surface area contributed by atoms with Gasteiger partial charge in [0.15, 0.2) is 0 Å². The van der Waals surface area contributed by atoms with Gasteiger partial charge in [0.25, 0.3) is 0 Å². The molecule has 0 bridgehead atoms. The summed E-state index contributed by atoms with van der Waals surface area (Å²) in [5, 5.41) is 5.75. The molecule has 2 rings (SSSR count). The lowest BCUT2D eigenvalue weighted by Crippen LogP contribution is -1.84. The van der Waals surface area contributed by atoms with Crippen LogP contribution < -0.4 is 0 Å². The predicted octanol–water partition coefficient (Wildman–Crippen LogP) is 3.53. The molecule has 0 aliphatic rings. The Morgan fingerprint density at radius 3 is 2.60 bits per heavy atom. The smallest absolute Gasteiger partial charge is 0.0776 e. The van der Waals surface area contributed by atoms with Crippen LogP contribution in [0.1, 0.15) is 5.56 Å². The van der Waals surface area contributed by atoms with E-state index in [2.05, 4.69) is 0 Å². The second kappa shape index (κ2) is 5.05. The zero-order valence-corrected chi connectivity index (χ0v) is 9.63. The van der Waals surface area contributed by atoms with Crippen LogP contribution in [0, 0.1) is 0 Å². The monoisotopic (exact) mass is 234 g/mol. The van der Waals surface area contributed by atoms with E-state index < -0.39 is 10.8 Å². The van der Waals surface area contributed by atoms with Crippen LogP contribution in [-0.4, -0.2) is 4.21 Å². The third-order valence-electron chi connectivity index (χ3n) is 1.90. The van der Waals surface area contributed by atoms with E-state index in [-0.39, 0.29) is 0 Å². The fourth-order valence-corrected chi connectivity index (χ4v) is 2.64. The highest BCUT2D eigenvalue weighted by Crippen LogP contribution is 2.11. The summed E-state index contributed by atoms with van der Waals surface area (Å²) in [6, 6.07) is 11.5. The van der Waals surface area contributed by atoms with E-state index in [9.17, 15) is 4.21 Å². The van der Waals surface area contributed by atoms with Crippen molar-refractivity contribution in [2.45, 2.75) is 4.90 Å². The second-order valence-electron chi connectivity index (χ2n) is 2.97. The standard InChI is InChI=1S/C12H10OS2/c13-15(12-4-2-1-3-5-12)9-7-11-6-8-14-10-11/h1-10H/b9-7+. The Bertz CT molecular complexity index is 458. The lowest BCUT2D eigenvalue weighted by molar-refractivity contribution is 0.688. The van der Waals surface area contributed by atoms with Crippen molar-refractivity contribution in [1.82, 2.24) is 0 Å². The van der Waals surface area contributed by atoms with E-state index >= 15 is 0 Å². The Hall–Kier alpha value is -1.19. The van der Waals surface area contributed by atoms with Crippen molar-refractivity contribution in [1.29, 1.82) is 0 Å². The van der Waals surface area contributed by atoms with Crippen molar-refractivity contribution in [3.8, 4) is 0 Å². The van der Waals surface area contributed by atoms with Gasteiger partial charge in [-0.3, -0.25) is 0 Å². The van der Waals surface area contributed by atoms with Gasteiger partial charge >= 0.3 is 0 Å². The molecule has 0 fully saturated rings. The largest absolute Gasteiger partial charge is 0.250 e. The molecule has 0 saturated heterocycles. The van der Waals surface area contributed by atoms with Gasteiger partial charge in [-0.15, -0.1) is 0 Å². The molecule has 1 heterocycles. The third kappa shape index (κ3) is 2.88. The highest BCUT2D eigenvalue weighted by molar-refractivity contribution is 7.88. The van der Waals surface area contributed by atoms with Gasteiger partial charge in [-0.05, 0) is 40.6 Å². The SMILES string of the molecule is O=S(/C=C/c1ccsc1)c1ccccc1. The maximum absolute atomic E-state index is 11.8. The summed E-state index contributed by atoms with van der Waals surface area (Å²) in [7, 11) is -1.04. The Morgan fingerprint density at radius 2 is 1.93 bits per heavy atom. The molecule has 2 aromatic rings. The number of hydrogen-bond acceptors (Lipinski definition) is 2. The molecule has 0 amide bonds. The van der Waals surface area contributed by atoms with Crippen molar-refractivity contribution >= 4 is 28.2 Å². The molecule has 0 aliphatic heterocycles. The van der Waals surface area contributed by atoms with Crippen LogP contribution in [0.5, 0.6) is 0 Å². The molecule has 1 aromatic heterocycles. The first-order valence-electron chi connectivity index (χ1n) is 4.52. The van der Waals surface area contributed by atoms with E-state index in [0.717, 1.165) is 10.5 Å². The number of benzene rings is 1. The van der Waals surface area contributed by atoms with Crippen LogP contribution in [0.4, 0.5) is 0 Å². The summed E-state index contributed by atoms with van der Waals surface area (Å²) >= 11 is 1.64. The molecule has 0 aliphatic carbocycles. The summed E-state index contributed by atoms with van der Waals surface area (Å²) in [5.74, 6) is 0. The molecule has 1 atom stereocenters. The van der Waals surface area contributed by atoms with Crippen molar-refractivity contribution in [3.05, 3.63) is 58.1 Å². The lowest BCUT2D eigenvalue weighted by Gasteiger charge is -1.94. The van der Waals surface area contributed by atoms with Gasteiger partial charge in [0.1, 0.15) is 0 Å². The first-order chi connectivity index (χ1) is 7.36. The van der Waals surface area contributed by atoms with Crippen LogP contribution >= 0.6 is 11.3 Å². The van der Waals surface area contributed by atoms with Gasteiger partial charge < -0.3 is 0 Å². The molecule has 1 unspecified atom stereocenters. The normalized spacial score (nSPS) is 13.1. The minimum Gasteiger partial charge on any atom is -0.250 e. The van der Waals surface area contributed by atoms with Crippen molar-refractivity contribution < 1.29 is 4.21 Å². The van der Waals surface area contributed by atoms with Gasteiger partial charge in [-0.1, -0.05) is 18.2 Å². The maximum Gasteiger partial charge on any atom is 0.0776 e. The molecule has 76 valence electrons. The molecular formula is C12H10OS2. The van der Waals surface area contributed by atoms with Crippen molar-refractivity contribution in [2.75, 3.05) is 0 Å².